The third kappa shape index (κ3) is 4.83. The fourth-order valence-electron chi connectivity index (χ4n) is 6.08. The molecule has 13 heteroatoms. The molecule has 4 N–H and O–H groups in total. The number of esters is 1. The van der Waals surface area contributed by atoms with E-state index in [2.05, 4.69) is 17.2 Å². The standard InChI is InChI=1S/C34H29N3O10/c1-4-14-33(29(41)35-31(43)36-30(33)42)15-13-18(2)17-45-32(44)37(3)26-24(39)12-11-23-27(26)46-25-16-19(38)9-10-22(25)34(23)21-8-6-5-7-20(21)28(40)47-34/h4-13,16,38-39H,1,14-15,17H2,2-3H3,(H2,35,36,41,42,43)/b18-13+. The number of carbonyl (C=O) groups excluding carboxylic acids is 5. The molecule has 47 heavy (non-hydrogen) atoms. The van der Waals surface area contributed by atoms with Crippen LogP contribution < -0.4 is 20.3 Å². The molecule has 1 saturated heterocycles. The number of hydrogen-bond acceptors (Lipinski definition) is 10. The van der Waals surface area contributed by atoms with Crippen molar-refractivity contribution in [3.05, 3.63) is 101 Å². The number of nitrogens with one attached hydrogen (secondary N) is 2. The number of benzene rings is 3. The molecule has 3 aliphatic heterocycles. The van der Waals surface area contributed by atoms with Crippen molar-refractivity contribution in [3.8, 4) is 23.0 Å². The first-order valence-electron chi connectivity index (χ1n) is 14.5. The Morgan fingerprint density at radius 3 is 2.40 bits per heavy atom. The van der Waals surface area contributed by atoms with E-state index in [9.17, 15) is 34.2 Å². The summed E-state index contributed by atoms with van der Waals surface area (Å²) in [5.74, 6) is -2.45. The lowest BCUT2D eigenvalue weighted by atomic mass is 9.77. The highest BCUT2D eigenvalue weighted by atomic mass is 16.6. The van der Waals surface area contributed by atoms with E-state index in [-0.39, 0.29) is 48.1 Å². The number of amides is 5. The van der Waals surface area contributed by atoms with Crippen molar-refractivity contribution < 1.29 is 48.4 Å². The molecule has 0 aliphatic carbocycles. The highest BCUT2D eigenvalue weighted by Crippen LogP contribution is 2.59. The quantitative estimate of drug-likeness (QED) is 0.163. The number of phenols is 2. The molecule has 1 atom stereocenters. The lowest BCUT2D eigenvalue weighted by molar-refractivity contribution is -0.144. The van der Waals surface area contributed by atoms with Gasteiger partial charge in [-0.05, 0) is 55.7 Å². The second-order valence-electron chi connectivity index (χ2n) is 11.4. The van der Waals surface area contributed by atoms with Crippen LogP contribution in [-0.4, -0.2) is 53.8 Å². The molecule has 3 heterocycles. The Morgan fingerprint density at radius 2 is 1.68 bits per heavy atom. The van der Waals surface area contributed by atoms with Crippen LogP contribution in [0.15, 0.2) is 78.9 Å². The van der Waals surface area contributed by atoms with Gasteiger partial charge in [0.1, 0.15) is 35.0 Å². The summed E-state index contributed by atoms with van der Waals surface area (Å²) in [6, 6.07) is 13.2. The number of hydrogen-bond donors (Lipinski definition) is 4. The van der Waals surface area contributed by atoms with Gasteiger partial charge < -0.3 is 24.4 Å². The van der Waals surface area contributed by atoms with Gasteiger partial charge >= 0.3 is 18.1 Å². The first-order chi connectivity index (χ1) is 22.4. The number of ether oxygens (including phenoxy) is 3. The van der Waals surface area contributed by atoms with E-state index in [4.69, 9.17) is 14.2 Å². The van der Waals surface area contributed by atoms with Gasteiger partial charge in [-0.3, -0.25) is 25.1 Å². The fourth-order valence-corrected chi connectivity index (χ4v) is 6.08. The highest BCUT2D eigenvalue weighted by Gasteiger charge is 2.54. The van der Waals surface area contributed by atoms with Crippen LogP contribution in [-0.2, 0) is 24.7 Å². The molecule has 0 bridgehead atoms. The first-order valence-corrected chi connectivity index (χ1v) is 14.5. The Bertz CT molecular complexity index is 1910. The van der Waals surface area contributed by atoms with Crippen LogP contribution in [0.4, 0.5) is 15.3 Å². The van der Waals surface area contributed by atoms with E-state index in [0.717, 1.165) is 4.90 Å². The molecule has 240 valence electrons. The summed E-state index contributed by atoms with van der Waals surface area (Å²) in [6.45, 7) is 4.98. The number of nitrogens with zero attached hydrogens (tertiary/aromatic N) is 1. The summed E-state index contributed by atoms with van der Waals surface area (Å²) in [7, 11) is 1.35. The molecule has 1 spiro atoms. The van der Waals surface area contributed by atoms with Crippen LogP contribution in [0.2, 0.25) is 0 Å². The van der Waals surface area contributed by atoms with Crippen molar-refractivity contribution in [1.82, 2.24) is 10.6 Å². The highest BCUT2D eigenvalue weighted by molar-refractivity contribution is 6.19. The smallest absolute Gasteiger partial charge is 0.414 e. The zero-order chi connectivity index (χ0) is 33.7. The van der Waals surface area contributed by atoms with Gasteiger partial charge in [0.2, 0.25) is 11.8 Å². The van der Waals surface area contributed by atoms with E-state index in [1.54, 1.807) is 43.3 Å². The van der Waals surface area contributed by atoms with E-state index in [0.29, 0.717) is 27.8 Å². The van der Waals surface area contributed by atoms with E-state index in [1.807, 2.05) is 0 Å². The van der Waals surface area contributed by atoms with Crippen LogP contribution in [0.3, 0.4) is 0 Å². The van der Waals surface area contributed by atoms with Crippen LogP contribution in [0.25, 0.3) is 0 Å². The largest absolute Gasteiger partial charge is 0.508 e. The molecule has 0 radical (unpaired) electrons. The number of urea groups is 1. The van der Waals surface area contributed by atoms with Crippen LogP contribution in [0.5, 0.6) is 23.0 Å². The van der Waals surface area contributed by atoms with Crippen molar-refractivity contribution in [2.24, 2.45) is 5.41 Å². The summed E-state index contributed by atoms with van der Waals surface area (Å²) in [5.41, 5.74) is -1.12. The molecular formula is C34H29N3O10. The molecule has 3 aromatic carbocycles. The van der Waals surface area contributed by atoms with E-state index >= 15 is 0 Å². The van der Waals surface area contributed by atoms with Crippen LogP contribution in [0, 0.1) is 5.41 Å². The van der Waals surface area contributed by atoms with Crippen molar-refractivity contribution in [3.63, 3.8) is 0 Å². The molecule has 3 aliphatic rings. The molecule has 1 fully saturated rings. The zero-order valence-electron chi connectivity index (χ0n) is 25.3. The Kier molecular flexibility index (Phi) is 7.46. The number of allylic oxidation sites excluding steroid dienone is 2. The average molecular weight is 640 g/mol. The molecule has 3 aromatic rings. The number of aromatic hydroxyl groups is 2. The third-order valence-corrected chi connectivity index (χ3v) is 8.47. The topological polar surface area (TPSA) is 181 Å². The number of rotatable bonds is 7. The van der Waals surface area contributed by atoms with Gasteiger partial charge in [-0.15, -0.1) is 6.58 Å². The molecule has 5 amide bonds. The van der Waals surface area contributed by atoms with Gasteiger partial charge in [0.05, 0.1) is 11.1 Å². The van der Waals surface area contributed by atoms with Crippen molar-refractivity contribution in [1.29, 1.82) is 0 Å². The maximum atomic E-state index is 13.4. The van der Waals surface area contributed by atoms with Gasteiger partial charge in [0.25, 0.3) is 0 Å². The van der Waals surface area contributed by atoms with E-state index in [1.165, 1.54) is 37.4 Å². The number of barbiturate groups is 1. The van der Waals surface area contributed by atoms with Crippen molar-refractivity contribution >= 4 is 35.6 Å². The summed E-state index contributed by atoms with van der Waals surface area (Å²) < 4.78 is 17.8. The number of fused-ring (bicyclic) bond motifs is 6. The van der Waals surface area contributed by atoms with Crippen molar-refractivity contribution in [2.75, 3.05) is 18.6 Å². The van der Waals surface area contributed by atoms with Crippen molar-refractivity contribution in [2.45, 2.75) is 25.4 Å². The Morgan fingerprint density at radius 1 is 0.979 bits per heavy atom. The summed E-state index contributed by atoms with van der Waals surface area (Å²) in [5, 5.41) is 25.5. The minimum Gasteiger partial charge on any atom is -0.508 e. The Hall–Kier alpha value is -6.11. The number of phenolic OH excluding ortho intramolecular Hbond substituents is 2. The predicted molar refractivity (Wildman–Crippen MR) is 165 cm³/mol. The Balaban J connectivity index is 1.30. The lowest BCUT2D eigenvalue weighted by Crippen LogP contribution is -2.62. The van der Waals surface area contributed by atoms with Gasteiger partial charge in [-0.1, -0.05) is 30.4 Å². The average Bonchev–Trinajstić information content (AvgIpc) is 3.32. The van der Waals surface area contributed by atoms with Gasteiger partial charge in [-0.25, -0.2) is 14.4 Å². The monoisotopic (exact) mass is 639 g/mol. The van der Waals surface area contributed by atoms with E-state index < -0.39 is 40.9 Å². The third-order valence-electron chi connectivity index (χ3n) is 8.47. The number of anilines is 1. The van der Waals surface area contributed by atoms with Gasteiger partial charge in [-0.2, -0.15) is 0 Å². The molecule has 0 saturated carbocycles. The van der Waals surface area contributed by atoms with Gasteiger partial charge in [0, 0.05) is 24.2 Å². The molecule has 13 nitrogen and oxygen atoms in total. The first kappa shape index (κ1) is 30.9. The summed E-state index contributed by atoms with van der Waals surface area (Å²) in [4.78, 5) is 64.4. The maximum absolute atomic E-state index is 13.4. The SMILES string of the molecule is C=CCC1(C/C=C(\C)COC(=O)N(C)c2c(O)ccc3c2Oc2cc(O)ccc2C32OC(=O)c3ccccc32)C(=O)NC(=O)NC1=O. The zero-order valence-corrected chi connectivity index (χ0v) is 25.3. The fraction of sp³-hybridized carbons (Fsp3) is 0.206. The van der Waals surface area contributed by atoms with Crippen LogP contribution >= 0.6 is 0 Å². The lowest BCUT2D eigenvalue weighted by Gasteiger charge is -2.38. The number of carbonyl (C=O) groups is 5. The number of imide groups is 2. The molecule has 0 aromatic heterocycles. The second-order valence-corrected chi connectivity index (χ2v) is 11.4. The summed E-state index contributed by atoms with van der Waals surface area (Å²) in [6.07, 6.45) is 1.92. The minimum atomic E-state index is -1.60. The normalized spacial score (nSPS) is 19.0. The molecule has 1 unspecified atom stereocenters. The Labute approximate surface area is 268 Å². The minimum absolute atomic E-state index is 0.00504. The predicted octanol–water partition coefficient (Wildman–Crippen LogP) is 4.50. The van der Waals surface area contributed by atoms with Crippen LogP contribution in [0.1, 0.15) is 46.8 Å². The summed E-state index contributed by atoms with van der Waals surface area (Å²) >= 11 is 0. The van der Waals surface area contributed by atoms with Gasteiger partial charge in [0.15, 0.2) is 11.4 Å². The molecule has 6 rings (SSSR count). The second kappa shape index (κ2) is 11.4. The maximum Gasteiger partial charge on any atom is 0.414 e. The molecular weight excluding hydrogens is 610 g/mol.